The van der Waals surface area contributed by atoms with Crippen molar-refractivity contribution in [3.05, 3.63) is 22.7 Å². The van der Waals surface area contributed by atoms with Gasteiger partial charge < -0.3 is 20.5 Å². The Balaban J connectivity index is 2.69. The minimum Gasteiger partial charge on any atom is -0.495 e. The van der Waals surface area contributed by atoms with Crippen molar-refractivity contribution < 1.29 is 14.6 Å². The maximum atomic E-state index is 11.8. The molecule has 2 amide bonds. The van der Waals surface area contributed by atoms with E-state index in [1.54, 1.807) is 19.2 Å². The maximum Gasteiger partial charge on any atom is 0.319 e. The standard InChI is InChI=1S/C13H19BrN2O3/c1-8(7-17)9(2)15-13(18)16-11-6-10(14)4-5-12(11)19-3/h4-6,8-9,17H,7H2,1-3H3,(H2,15,16,18)/t8-,9-/m0/s1. The second-order valence-electron chi connectivity index (χ2n) is 4.39. The first-order chi connectivity index (χ1) is 8.97. The number of anilines is 1. The highest BCUT2D eigenvalue weighted by Crippen LogP contribution is 2.27. The summed E-state index contributed by atoms with van der Waals surface area (Å²) in [4.78, 5) is 11.8. The molecule has 0 aromatic heterocycles. The molecule has 0 aliphatic carbocycles. The molecule has 0 heterocycles. The number of amides is 2. The fourth-order valence-corrected chi connectivity index (χ4v) is 1.80. The van der Waals surface area contributed by atoms with E-state index in [4.69, 9.17) is 9.84 Å². The van der Waals surface area contributed by atoms with Crippen molar-refractivity contribution in [1.29, 1.82) is 0 Å². The molecule has 6 heteroatoms. The van der Waals surface area contributed by atoms with Crippen molar-refractivity contribution in [2.45, 2.75) is 19.9 Å². The van der Waals surface area contributed by atoms with Gasteiger partial charge in [-0.25, -0.2) is 4.79 Å². The molecule has 106 valence electrons. The molecular weight excluding hydrogens is 312 g/mol. The van der Waals surface area contributed by atoms with Gasteiger partial charge in [-0.2, -0.15) is 0 Å². The second-order valence-corrected chi connectivity index (χ2v) is 5.31. The summed E-state index contributed by atoms with van der Waals surface area (Å²) in [5.74, 6) is 0.580. The van der Waals surface area contributed by atoms with Crippen LogP contribution in [-0.4, -0.2) is 30.9 Å². The molecule has 5 nitrogen and oxygen atoms in total. The van der Waals surface area contributed by atoms with Gasteiger partial charge in [0, 0.05) is 17.1 Å². The van der Waals surface area contributed by atoms with Crippen molar-refractivity contribution in [1.82, 2.24) is 5.32 Å². The van der Waals surface area contributed by atoms with E-state index in [2.05, 4.69) is 26.6 Å². The normalized spacial score (nSPS) is 13.5. The lowest BCUT2D eigenvalue weighted by atomic mass is 10.1. The molecule has 0 aliphatic heterocycles. The van der Waals surface area contributed by atoms with E-state index in [1.165, 1.54) is 0 Å². The van der Waals surface area contributed by atoms with Crippen LogP contribution in [0.5, 0.6) is 5.75 Å². The number of rotatable bonds is 5. The number of halogens is 1. The number of hydrogen-bond donors (Lipinski definition) is 3. The zero-order chi connectivity index (χ0) is 14.4. The van der Waals surface area contributed by atoms with Gasteiger partial charge in [-0.3, -0.25) is 0 Å². The van der Waals surface area contributed by atoms with Gasteiger partial charge in [0.2, 0.25) is 0 Å². The number of aliphatic hydroxyl groups is 1. The molecule has 2 atom stereocenters. The summed E-state index contributed by atoms with van der Waals surface area (Å²) in [6.07, 6.45) is 0. The third-order valence-electron chi connectivity index (χ3n) is 2.91. The first-order valence-electron chi connectivity index (χ1n) is 5.99. The molecule has 1 aromatic rings. The Morgan fingerprint density at radius 1 is 1.47 bits per heavy atom. The number of carbonyl (C=O) groups excluding carboxylic acids is 1. The van der Waals surface area contributed by atoms with Gasteiger partial charge in [-0.15, -0.1) is 0 Å². The summed E-state index contributed by atoms with van der Waals surface area (Å²) in [5, 5.41) is 14.5. The Kier molecular flexibility index (Phi) is 6.11. The molecule has 0 fully saturated rings. The van der Waals surface area contributed by atoms with E-state index >= 15 is 0 Å². The number of urea groups is 1. The first-order valence-corrected chi connectivity index (χ1v) is 6.79. The first kappa shape index (κ1) is 15.8. The smallest absolute Gasteiger partial charge is 0.319 e. The van der Waals surface area contributed by atoms with Gasteiger partial charge in [-0.05, 0) is 31.0 Å². The van der Waals surface area contributed by atoms with Crippen LogP contribution in [-0.2, 0) is 0 Å². The average Bonchev–Trinajstić information content (AvgIpc) is 2.37. The highest BCUT2D eigenvalue weighted by molar-refractivity contribution is 9.10. The number of hydrogen-bond acceptors (Lipinski definition) is 3. The van der Waals surface area contributed by atoms with E-state index in [9.17, 15) is 4.79 Å². The van der Waals surface area contributed by atoms with Gasteiger partial charge in [0.25, 0.3) is 0 Å². The van der Waals surface area contributed by atoms with Crippen LogP contribution in [0.4, 0.5) is 10.5 Å². The van der Waals surface area contributed by atoms with E-state index in [-0.39, 0.29) is 24.6 Å². The summed E-state index contributed by atoms with van der Waals surface area (Å²) in [6, 6.07) is 4.91. The lowest BCUT2D eigenvalue weighted by molar-refractivity contribution is 0.204. The summed E-state index contributed by atoms with van der Waals surface area (Å²) in [7, 11) is 1.54. The molecule has 0 unspecified atom stereocenters. The number of benzene rings is 1. The van der Waals surface area contributed by atoms with Crippen LogP contribution in [0, 0.1) is 5.92 Å². The summed E-state index contributed by atoms with van der Waals surface area (Å²) >= 11 is 3.34. The van der Waals surface area contributed by atoms with Gasteiger partial charge in [-0.1, -0.05) is 22.9 Å². The number of carbonyl (C=O) groups is 1. The zero-order valence-corrected chi connectivity index (χ0v) is 12.8. The largest absolute Gasteiger partial charge is 0.495 e. The van der Waals surface area contributed by atoms with Crippen LogP contribution in [0.2, 0.25) is 0 Å². The molecule has 3 N–H and O–H groups in total. The van der Waals surface area contributed by atoms with Gasteiger partial charge >= 0.3 is 6.03 Å². The van der Waals surface area contributed by atoms with Gasteiger partial charge in [0.1, 0.15) is 5.75 Å². The molecule has 0 spiro atoms. The van der Waals surface area contributed by atoms with Gasteiger partial charge in [0.15, 0.2) is 0 Å². The van der Waals surface area contributed by atoms with Crippen LogP contribution in [0.15, 0.2) is 22.7 Å². The molecule has 1 aromatic carbocycles. The Morgan fingerprint density at radius 3 is 2.74 bits per heavy atom. The van der Waals surface area contributed by atoms with Crippen LogP contribution in [0.25, 0.3) is 0 Å². The number of methoxy groups -OCH3 is 1. The predicted octanol–water partition coefficient (Wildman–Crippen LogP) is 2.60. The summed E-state index contributed by atoms with van der Waals surface area (Å²) in [6.45, 7) is 3.74. The van der Waals surface area contributed by atoms with Gasteiger partial charge in [0.05, 0.1) is 12.8 Å². The van der Waals surface area contributed by atoms with Crippen molar-refractivity contribution in [3.8, 4) is 5.75 Å². The highest BCUT2D eigenvalue weighted by atomic mass is 79.9. The Labute approximate surface area is 121 Å². The molecular formula is C13H19BrN2O3. The SMILES string of the molecule is COc1ccc(Br)cc1NC(=O)N[C@@H](C)[C@@H](C)CO. The van der Waals surface area contributed by atoms with Crippen LogP contribution >= 0.6 is 15.9 Å². The number of nitrogens with one attached hydrogen (secondary N) is 2. The minimum atomic E-state index is -0.329. The fourth-order valence-electron chi connectivity index (χ4n) is 1.44. The lowest BCUT2D eigenvalue weighted by Crippen LogP contribution is -2.40. The molecule has 0 saturated carbocycles. The minimum absolute atomic E-state index is 0.00449. The molecule has 19 heavy (non-hydrogen) atoms. The Hall–Kier alpha value is -1.27. The Morgan fingerprint density at radius 2 is 2.16 bits per heavy atom. The lowest BCUT2D eigenvalue weighted by Gasteiger charge is -2.20. The monoisotopic (exact) mass is 330 g/mol. The maximum absolute atomic E-state index is 11.8. The molecule has 0 radical (unpaired) electrons. The summed E-state index contributed by atoms with van der Waals surface area (Å²) < 4.78 is 6.02. The quantitative estimate of drug-likeness (QED) is 0.777. The highest BCUT2D eigenvalue weighted by Gasteiger charge is 2.15. The van der Waals surface area contributed by atoms with Crippen LogP contribution in [0.1, 0.15) is 13.8 Å². The summed E-state index contributed by atoms with van der Waals surface area (Å²) in [5.41, 5.74) is 0.582. The van der Waals surface area contributed by atoms with Crippen molar-refractivity contribution in [3.63, 3.8) is 0 Å². The fraction of sp³-hybridized carbons (Fsp3) is 0.462. The van der Waals surface area contributed by atoms with Crippen molar-refractivity contribution >= 4 is 27.6 Å². The average molecular weight is 331 g/mol. The van der Waals surface area contributed by atoms with E-state index in [0.29, 0.717) is 11.4 Å². The van der Waals surface area contributed by atoms with E-state index in [1.807, 2.05) is 19.9 Å². The molecule has 0 saturated heterocycles. The van der Waals surface area contributed by atoms with Crippen molar-refractivity contribution in [2.75, 3.05) is 19.0 Å². The predicted molar refractivity (Wildman–Crippen MR) is 78.6 cm³/mol. The topological polar surface area (TPSA) is 70.6 Å². The molecule has 0 aliphatic rings. The second kappa shape index (κ2) is 7.35. The van der Waals surface area contributed by atoms with E-state index in [0.717, 1.165) is 4.47 Å². The Bertz CT molecular complexity index is 440. The molecule has 0 bridgehead atoms. The number of ether oxygens (including phenoxy) is 1. The third-order valence-corrected chi connectivity index (χ3v) is 3.40. The number of aliphatic hydroxyl groups excluding tert-OH is 1. The third kappa shape index (κ3) is 4.72. The van der Waals surface area contributed by atoms with Crippen LogP contribution in [0.3, 0.4) is 0 Å². The van der Waals surface area contributed by atoms with Crippen molar-refractivity contribution in [2.24, 2.45) is 5.92 Å². The van der Waals surface area contributed by atoms with E-state index < -0.39 is 0 Å². The van der Waals surface area contributed by atoms with Crippen LogP contribution < -0.4 is 15.4 Å². The molecule has 1 rings (SSSR count). The zero-order valence-electron chi connectivity index (χ0n) is 11.2.